The van der Waals surface area contributed by atoms with E-state index in [0.29, 0.717) is 5.92 Å². The summed E-state index contributed by atoms with van der Waals surface area (Å²) in [6.45, 7) is 2.30. The molecule has 4 aliphatic rings. The van der Waals surface area contributed by atoms with E-state index in [9.17, 15) is 0 Å². The van der Waals surface area contributed by atoms with E-state index in [1.54, 1.807) is 0 Å². The van der Waals surface area contributed by atoms with Gasteiger partial charge in [0.05, 0.1) is 18.5 Å². The molecular formula is C50H48N6O. The Hall–Kier alpha value is -5.83. The van der Waals surface area contributed by atoms with Crippen LogP contribution >= 0.6 is 0 Å². The molecule has 4 N–H and O–H groups in total. The van der Waals surface area contributed by atoms with E-state index in [2.05, 4.69) is 198 Å². The second-order valence-corrected chi connectivity index (χ2v) is 15.7. The quantitative estimate of drug-likeness (QED) is 0.130. The Morgan fingerprint density at radius 3 is 2.09 bits per heavy atom. The fourth-order valence-corrected chi connectivity index (χ4v) is 9.22. The molecule has 7 unspecified atom stereocenters. The summed E-state index contributed by atoms with van der Waals surface area (Å²) in [5.41, 5.74) is 10.3. The molecule has 0 amide bonds. The number of amidine groups is 1. The van der Waals surface area contributed by atoms with Gasteiger partial charge in [-0.2, -0.15) is 0 Å². The van der Waals surface area contributed by atoms with Crippen molar-refractivity contribution < 1.29 is 4.42 Å². The fraction of sp³-hybridized carbons (Fsp3) is 0.220. The Labute approximate surface area is 334 Å². The summed E-state index contributed by atoms with van der Waals surface area (Å²) in [5.74, 6) is 1.34. The first kappa shape index (κ1) is 35.6. The van der Waals surface area contributed by atoms with Gasteiger partial charge in [-0.1, -0.05) is 152 Å². The number of likely N-dealkylation sites (N-methyl/N-ethyl adjacent to an activating group) is 1. The molecule has 0 bridgehead atoms. The van der Waals surface area contributed by atoms with Gasteiger partial charge in [0.15, 0.2) is 0 Å². The standard InChI is InChI=1S/C50H48N6O/c1-32-41(48-52-45(33-17-7-3-8-18-33)51-46(53-48)34-19-9-4-10-20-34)29-38(37-27-28-40-39-25-15-16-26-43(39)57-44(40)31-37)30-42(32)50-55-47(35-21-11-5-12-22-35)54-49(56(50)2)36-23-13-6-14-24-36/h3-23,25-28,30-31,36,38,45-47,49-51,54-55H,24,29H2,1-2H3,(H,52,53). The van der Waals surface area contributed by atoms with Crippen molar-refractivity contribution in [2.24, 2.45) is 10.9 Å². The number of benzene rings is 5. The van der Waals surface area contributed by atoms with Crippen molar-refractivity contribution in [2.75, 3.05) is 7.05 Å². The third kappa shape index (κ3) is 6.87. The number of nitrogens with one attached hydrogen (secondary N) is 4. The lowest BCUT2D eigenvalue weighted by Gasteiger charge is -2.49. The predicted molar refractivity (Wildman–Crippen MR) is 231 cm³/mol. The minimum atomic E-state index is -0.217. The number of hydrogen-bond acceptors (Lipinski definition) is 7. The maximum absolute atomic E-state index is 6.46. The Balaban J connectivity index is 1.11. The van der Waals surface area contributed by atoms with Crippen molar-refractivity contribution in [3.05, 3.63) is 203 Å². The second-order valence-electron chi connectivity index (χ2n) is 15.7. The van der Waals surface area contributed by atoms with Crippen molar-refractivity contribution in [1.29, 1.82) is 0 Å². The Morgan fingerprint density at radius 1 is 0.667 bits per heavy atom. The van der Waals surface area contributed by atoms with E-state index in [4.69, 9.17) is 9.41 Å². The molecule has 1 fully saturated rings. The Kier molecular flexibility index (Phi) is 9.52. The normalized spacial score (nSPS) is 26.7. The number of rotatable bonds is 7. The van der Waals surface area contributed by atoms with E-state index in [1.165, 1.54) is 33.4 Å². The Morgan fingerprint density at radius 2 is 1.35 bits per heavy atom. The van der Waals surface area contributed by atoms with Gasteiger partial charge in [0.1, 0.15) is 29.3 Å². The van der Waals surface area contributed by atoms with Crippen LogP contribution in [0.4, 0.5) is 0 Å². The first-order chi connectivity index (χ1) is 28.1. The summed E-state index contributed by atoms with van der Waals surface area (Å²) < 4.78 is 6.46. The number of aliphatic imine (C=N–C) groups is 1. The van der Waals surface area contributed by atoms with Crippen LogP contribution in [-0.2, 0) is 0 Å². The molecule has 7 atom stereocenters. The molecule has 5 aromatic carbocycles. The van der Waals surface area contributed by atoms with Gasteiger partial charge in [0.25, 0.3) is 0 Å². The van der Waals surface area contributed by atoms with Gasteiger partial charge >= 0.3 is 0 Å². The van der Waals surface area contributed by atoms with E-state index in [0.717, 1.165) is 46.2 Å². The maximum Gasteiger partial charge on any atom is 0.135 e. The number of hydrogen-bond donors (Lipinski definition) is 4. The van der Waals surface area contributed by atoms with E-state index < -0.39 is 0 Å². The molecular weight excluding hydrogens is 701 g/mol. The van der Waals surface area contributed by atoms with Crippen LogP contribution in [0, 0.1) is 5.92 Å². The summed E-state index contributed by atoms with van der Waals surface area (Å²) in [4.78, 5) is 7.99. The van der Waals surface area contributed by atoms with Crippen molar-refractivity contribution in [3.63, 3.8) is 0 Å². The zero-order chi connectivity index (χ0) is 38.3. The van der Waals surface area contributed by atoms with Crippen LogP contribution in [0.3, 0.4) is 0 Å². The Bertz CT molecular complexity index is 2550. The summed E-state index contributed by atoms with van der Waals surface area (Å²) in [5, 5.41) is 18.1. The van der Waals surface area contributed by atoms with Crippen LogP contribution in [0.2, 0.25) is 0 Å². The van der Waals surface area contributed by atoms with Crippen LogP contribution in [0.1, 0.15) is 66.4 Å². The number of nitrogens with zero attached hydrogens (tertiary/aromatic N) is 2. The third-order valence-electron chi connectivity index (χ3n) is 12.3. The predicted octanol–water partition coefficient (Wildman–Crippen LogP) is 9.91. The van der Waals surface area contributed by atoms with Crippen LogP contribution < -0.4 is 21.3 Å². The van der Waals surface area contributed by atoms with Crippen LogP contribution in [-0.4, -0.2) is 30.1 Å². The molecule has 57 heavy (non-hydrogen) atoms. The average Bonchev–Trinajstić information content (AvgIpc) is 3.66. The average molecular weight is 749 g/mol. The van der Waals surface area contributed by atoms with Crippen molar-refractivity contribution in [3.8, 4) is 0 Å². The summed E-state index contributed by atoms with van der Waals surface area (Å²) in [6.07, 6.45) is 12.9. The second kappa shape index (κ2) is 15.3. The molecule has 10 rings (SSSR count). The molecule has 7 nitrogen and oxygen atoms in total. The minimum Gasteiger partial charge on any atom is -0.456 e. The molecule has 284 valence electrons. The molecule has 7 heteroatoms. The third-order valence-corrected chi connectivity index (χ3v) is 12.3. The van der Waals surface area contributed by atoms with Crippen LogP contribution in [0.5, 0.6) is 0 Å². The summed E-state index contributed by atoms with van der Waals surface area (Å²) in [7, 11) is 2.26. The molecule has 1 aromatic heterocycles. The molecule has 3 heterocycles. The number of fused-ring (bicyclic) bond motifs is 3. The molecule has 2 aliphatic carbocycles. The van der Waals surface area contributed by atoms with Crippen molar-refractivity contribution in [2.45, 2.75) is 56.5 Å². The van der Waals surface area contributed by atoms with E-state index >= 15 is 0 Å². The number of para-hydroxylation sites is 1. The topological polar surface area (TPSA) is 76.9 Å². The lowest BCUT2D eigenvalue weighted by atomic mass is 9.79. The zero-order valence-electron chi connectivity index (χ0n) is 32.3. The van der Waals surface area contributed by atoms with Crippen molar-refractivity contribution in [1.82, 2.24) is 26.2 Å². The van der Waals surface area contributed by atoms with Gasteiger partial charge in [0, 0.05) is 22.6 Å². The monoisotopic (exact) mass is 748 g/mol. The summed E-state index contributed by atoms with van der Waals surface area (Å²) >= 11 is 0. The molecule has 0 radical (unpaired) electrons. The maximum atomic E-state index is 6.46. The van der Waals surface area contributed by atoms with E-state index in [-0.39, 0.29) is 36.7 Å². The van der Waals surface area contributed by atoms with Gasteiger partial charge in [-0.05, 0) is 77.9 Å². The van der Waals surface area contributed by atoms with Gasteiger partial charge in [-0.3, -0.25) is 20.9 Å². The van der Waals surface area contributed by atoms with Gasteiger partial charge < -0.3 is 9.73 Å². The zero-order valence-corrected chi connectivity index (χ0v) is 32.3. The SMILES string of the molecule is CC1=C(C2=NC(c3ccccc3)NC(c3ccccc3)N2)CC(c2ccc3c(c2)oc2ccccc23)C=C1C1NC(c2ccccc2)NC(C2C=CC=CC2)N1C. The van der Waals surface area contributed by atoms with Crippen LogP contribution in [0.25, 0.3) is 21.9 Å². The van der Waals surface area contributed by atoms with E-state index in [1.807, 2.05) is 6.07 Å². The molecule has 0 spiro atoms. The molecule has 6 aromatic rings. The molecule has 2 aliphatic heterocycles. The number of furan rings is 1. The van der Waals surface area contributed by atoms with Gasteiger partial charge in [-0.25, -0.2) is 4.99 Å². The van der Waals surface area contributed by atoms with Gasteiger partial charge in [0.2, 0.25) is 0 Å². The first-order valence-electron chi connectivity index (χ1n) is 20.2. The highest BCUT2D eigenvalue weighted by atomic mass is 16.3. The summed E-state index contributed by atoms with van der Waals surface area (Å²) in [6, 6.07) is 47.1. The largest absolute Gasteiger partial charge is 0.456 e. The lowest BCUT2D eigenvalue weighted by Crippen LogP contribution is -2.66. The van der Waals surface area contributed by atoms with Crippen LogP contribution in [0.15, 0.2) is 190 Å². The van der Waals surface area contributed by atoms with Crippen molar-refractivity contribution >= 4 is 27.8 Å². The minimum absolute atomic E-state index is 0.0413. The molecule has 0 saturated carbocycles. The highest BCUT2D eigenvalue weighted by Crippen LogP contribution is 2.42. The highest BCUT2D eigenvalue weighted by Gasteiger charge is 2.41. The highest BCUT2D eigenvalue weighted by molar-refractivity contribution is 6.05. The fourth-order valence-electron chi connectivity index (χ4n) is 9.22. The first-order valence-corrected chi connectivity index (χ1v) is 20.2. The smallest absolute Gasteiger partial charge is 0.135 e. The van der Waals surface area contributed by atoms with Gasteiger partial charge in [-0.15, -0.1) is 0 Å². The number of allylic oxidation sites excluding steroid dienone is 4. The molecule has 1 saturated heterocycles. The lowest BCUT2D eigenvalue weighted by molar-refractivity contribution is 0.0387.